The third-order valence-electron chi connectivity index (χ3n) is 4.11. The average Bonchev–Trinajstić information content (AvgIpc) is 2.99. The van der Waals surface area contributed by atoms with Gasteiger partial charge in [0.2, 0.25) is 11.8 Å². The summed E-state index contributed by atoms with van der Waals surface area (Å²) >= 11 is 0. The van der Waals surface area contributed by atoms with E-state index in [2.05, 4.69) is 19.3 Å². The highest BCUT2D eigenvalue weighted by molar-refractivity contribution is 6.02. The van der Waals surface area contributed by atoms with Crippen LogP contribution in [0.2, 0.25) is 0 Å². The van der Waals surface area contributed by atoms with Gasteiger partial charge in [0.1, 0.15) is 12.5 Å². The van der Waals surface area contributed by atoms with Gasteiger partial charge in [0.15, 0.2) is 0 Å². The van der Waals surface area contributed by atoms with Gasteiger partial charge in [-0.2, -0.15) is 0 Å². The molecule has 0 spiro atoms. The number of aliphatic hydroxyl groups is 1. The molecular formula is C20H40N2O5. The molecule has 0 unspecified atom stereocenters. The number of hydrogen-bond donors (Lipinski definition) is 2. The predicted molar refractivity (Wildman–Crippen MR) is 106 cm³/mol. The van der Waals surface area contributed by atoms with Crippen molar-refractivity contribution in [2.24, 2.45) is 0 Å². The molecule has 1 aliphatic heterocycles. The summed E-state index contributed by atoms with van der Waals surface area (Å²) < 4.78 is 11.0. The molecule has 1 atom stereocenters. The molecule has 7 nitrogen and oxygen atoms in total. The number of rotatable bonds is 15. The second-order valence-electron chi connectivity index (χ2n) is 6.78. The molecule has 2 N–H and O–H groups in total. The van der Waals surface area contributed by atoms with E-state index in [0.29, 0.717) is 13.2 Å². The van der Waals surface area contributed by atoms with Gasteiger partial charge < -0.3 is 14.6 Å². The van der Waals surface area contributed by atoms with Crippen molar-refractivity contribution in [2.45, 2.75) is 84.7 Å². The second-order valence-corrected chi connectivity index (χ2v) is 6.78. The Kier molecular flexibility index (Phi) is 17.4. The van der Waals surface area contributed by atoms with Crippen molar-refractivity contribution in [3.8, 4) is 0 Å². The smallest absolute Gasteiger partial charge is 0.250 e. The highest BCUT2D eigenvalue weighted by Gasteiger charge is 2.25. The summed E-state index contributed by atoms with van der Waals surface area (Å²) in [4.78, 5) is 21.6. The summed E-state index contributed by atoms with van der Waals surface area (Å²) in [5.74, 6) is -0.297. The first-order chi connectivity index (χ1) is 13.1. The van der Waals surface area contributed by atoms with Crippen molar-refractivity contribution in [1.82, 2.24) is 10.4 Å². The number of hydrazine groups is 1. The van der Waals surface area contributed by atoms with Gasteiger partial charge in [0.25, 0.3) is 0 Å². The molecule has 0 aliphatic carbocycles. The molecule has 0 aromatic carbocycles. The molecule has 0 aromatic rings. The lowest BCUT2D eigenvalue weighted by Gasteiger charge is -2.15. The van der Waals surface area contributed by atoms with Gasteiger partial charge in [-0.3, -0.25) is 20.0 Å². The van der Waals surface area contributed by atoms with E-state index in [-0.39, 0.29) is 30.9 Å². The number of nitrogens with one attached hydrogen (secondary N) is 1. The van der Waals surface area contributed by atoms with E-state index >= 15 is 0 Å². The van der Waals surface area contributed by atoms with E-state index in [9.17, 15) is 9.59 Å². The minimum Gasteiger partial charge on any atom is -0.394 e. The molecule has 1 saturated heterocycles. The van der Waals surface area contributed by atoms with Crippen LogP contribution < -0.4 is 5.43 Å². The van der Waals surface area contributed by atoms with E-state index in [0.717, 1.165) is 38.9 Å². The monoisotopic (exact) mass is 388 g/mol. The van der Waals surface area contributed by atoms with Crippen molar-refractivity contribution in [3.63, 3.8) is 0 Å². The van der Waals surface area contributed by atoms with Crippen molar-refractivity contribution < 1.29 is 24.2 Å². The predicted octanol–water partition coefficient (Wildman–Crippen LogP) is 2.81. The van der Waals surface area contributed by atoms with E-state index in [1.54, 1.807) is 0 Å². The van der Waals surface area contributed by atoms with Crippen molar-refractivity contribution in [2.75, 3.05) is 33.0 Å². The molecule has 160 valence electrons. The molecule has 1 fully saturated rings. The summed E-state index contributed by atoms with van der Waals surface area (Å²) in [6.45, 7) is 9.11. The average molecular weight is 389 g/mol. The Morgan fingerprint density at radius 3 is 2.15 bits per heavy atom. The highest BCUT2D eigenvalue weighted by Crippen LogP contribution is 2.02. The normalized spacial score (nSPS) is 14.7. The first-order valence-corrected chi connectivity index (χ1v) is 10.5. The lowest BCUT2D eigenvalue weighted by molar-refractivity contribution is -0.129. The van der Waals surface area contributed by atoms with Crippen LogP contribution in [0, 0.1) is 0 Å². The summed E-state index contributed by atoms with van der Waals surface area (Å²) in [5.41, 5.74) is 2.48. The second kappa shape index (κ2) is 18.2. The molecule has 0 aromatic heterocycles. The number of carbonyl (C=O) groups is 2. The van der Waals surface area contributed by atoms with E-state index in [4.69, 9.17) is 14.6 Å². The van der Waals surface area contributed by atoms with Gasteiger partial charge in [0.05, 0.1) is 13.2 Å². The van der Waals surface area contributed by atoms with Gasteiger partial charge in [-0.25, -0.2) is 0 Å². The zero-order valence-corrected chi connectivity index (χ0v) is 17.5. The molecule has 1 heterocycles. The standard InChI is InChI=1S/C13H28O3.C7H12N2O2/c1-3-5-7-9-15-12-13(11-14)16-10-8-6-4-2;1-2-3-4-9-7(11)5-6(10)8-9/h13-14H,3-12H2,1-2H3;2-5H2,1H3,(H,8,10)/t13-;/m0./s1. The molecule has 27 heavy (non-hydrogen) atoms. The van der Waals surface area contributed by atoms with Gasteiger partial charge >= 0.3 is 0 Å². The van der Waals surface area contributed by atoms with Crippen LogP contribution in [0.4, 0.5) is 0 Å². The quantitative estimate of drug-likeness (QED) is 0.333. The van der Waals surface area contributed by atoms with Crippen LogP contribution in [0.1, 0.15) is 78.6 Å². The third-order valence-corrected chi connectivity index (χ3v) is 4.11. The third kappa shape index (κ3) is 14.5. The number of carbonyl (C=O) groups excluding carboxylic acids is 2. The van der Waals surface area contributed by atoms with E-state index in [1.807, 2.05) is 6.92 Å². The van der Waals surface area contributed by atoms with Crippen LogP contribution >= 0.6 is 0 Å². The maximum absolute atomic E-state index is 10.9. The number of aliphatic hydroxyl groups excluding tert-OH is 1. The first kappa shape index (κ1) is 25.8. The van der Waals surface area contributed by atoms with Crippen molar-refractivity contribution in [1.29, 1.82) is 0 Å². The largest absolute Gasteiger partial charge is 0.394 e. The Morgan fingerprint density at radius 1 is 1.00 bits per heavy atom. The van der Waals surface area contributed by atoms with Crippen LogP contribution in [0.15, 0.2) is 0 Å². The maximum atomic E-state index is 10.9. The molecule has 2 amide bonds. The minimum atomic E-state index is -0.189. The molecule has 0 radical (unpaired) electrons. The number of ether oxygens (including phenoxy) is 2. The summed E-state index contributed by atoms with van der Waals surface area (Å²) in [6.07, 6.45) is 8.82. The van der Waals surface area contributed by atoms with Crippen molar-refractivity contribution >= 4 is 11.8 Å². The zero-order chi connectivity index (χ0) is 20.3. The lowest BCUT2D eigenvalue weighted by atomic mass is 10.2. The summed E-state index contributed by atoms with van der Waals surface area (Å²) in [5, 5.41) is 10.5. The molecule has 0 saturated carbocycles. The Labute approximate surface area is 164 Å². The number of hydrogen-bond acceptors (Lipinski definition) is 5. The highest BCUT2D eigenvalue weighted by atomic mass is 16.5. The lowest BCUT2D eigenvalue weighted by Crippen LogP contribution is -2.36. The fraction of sp³-hybridized carbons (Fsp3) is 0.900. The van der Waals surface area contributed by atoms with E-state index < -0.39 is 0 Å². The molecule has 1 rings (SSSR count). The summed E-state index contributed by atoms with van der Waals surface area (Å²) in [6, 6.07) is 0. The van der Waals surface area contributed by atoms with Crippen LogP contribution in [0.3, 0.4) is 0 Å². The Morgan fingerprint density at radius 2 is 1.63 bits per heavy atom. The van der Waals surface area contributed by atoms with Gasteiger partial charge in [-0.1, -0.05) is 52.9 Å². The Balaban J connectivity index is 0.000000533. The summed E-state index contributed by atoms with van der Waals surface area (Å²) in [7, 11) is 0. The zero-order valence-electron chi connectivity index (χ0n) is 17.5. The SMILES string of the molecule is CCCCCOC[C@H](CO)OCCCCC.CCCCN1NC(=O)CC1=O. The van der Waals surface area contributed by atoms with E-state index in [1.165, 1.54) is 30.7 Å². The maximum Gasteiger partial charge on any atom is 0.250 e. The minimum absolute atomic E-state index is 0.0176. The Hall–Kier alpha value is -1.18. The molecule has 1 aliphatic rings. The first-order valence-electron chi connectivity index (χ1n) is 10.5. The van der Waals surface area contributed by atoms with Gasteiger partial charge in [0, 0.05) is 19.8 Å². The fourth-order valence-electron chi connectivity index (χ4n) is 2.41. The van der Waals surface area contributed by atoms with Crippen molar-refractivity contribution in [3.05, 3.63) is 0 Å². The number of nitrogens with zero attached hydrogens (tertiary/aromatic N) is 1. The fourth-order valence-corrected chi connectivity index (χ4v) is 2.41. The molecule has 7 heteroatoms. The number of amides is 2. The molecule has 0 bridgehead atoms. The van der Waals surface area contributed by atoms with Crippen LogP contribution in [-0.4, -0.2) is 61.0 Å². The van der Waals surface area contributed by atoms with Gasteiger partial charge in [-0.15, -0.1) is 0 Å². The Bertz CT molecular complexity index is 379. The van der Waals surface area contributed by atoms with Crippen LogP contribution in [0.25, 0.3) is 0 Å². The van der Waals surface area contributed by atoms with Gasteiger partial charge in [-0.05, 0) is 19.3 Å². The molecular weight excluding hydrogens is 348 g/mol. The topological polar surface area (TPSA) is 88.1 Å². The van der Waals surface area contributed by atoms with Crippen LogP contribution in [-0.2, 0) is 19.1 Å². The van der Waals surface area contributed by atoms with Crippen LogP contribution in [0.5, 0.6) is 0 Å². The number of unbranched alkanes of at least 4 members (excludes halogenated alkanes) is 5.